The van der Waals surface area contributed by atoms with Gasteiger partial charge in [-0.05, 0) is 43.6 Å². The van der Waals surface area contributed by atoms with Crippen molar-refractivity contribution in [3.63, 3.8) is 0 Å². The number of H-pyrrole nitrogens is 1. The smallest absolute Gasteiger partial charge is 0.229 e. The standard InChI is InChI=1S/C23H17BF2N2O3/c1-11-17(9-8-15(25)19(11)26)31-23-14(10-13-6-4-5-7-16(13)28-23)20-22(30-3)21(29)18(24)12(2)27-20/h4-10H,1-3H3,(H,27,29). The number of aryl methyl sites for hydroxylation is 1. The van der Waals surface area contributed by atoms with Crippen LogP contribution in [0.2, 0.25) is 0 Å². The van der Waals surface area contributed by atoms with Crippen LogP contribution in [0, 0.1) is 25.5 Å². The second kappa shape index (κ2) is 7.87. The Morgan fingerprint density at radius 1 is 1.10 bits per heavy atom. The Labute approximate surface area is 178 Å². The maximum atomic E-state index is 14.1. The van der Waals surface area contributed by atoms with Gasteiger partial charge in [0, 0.05) is 16.6 Å². The minimum Gasteiger partial charge on any atom is -0.491 e. The van der Waals surface area contributed by atoms with Gasteiger partial charge < -0.3 is 14.5 Å². The minimum absolute atomic E-state index is 0.00477. The molecule has 4 aromatic rings. The molecule has 0 aliphatic carbocycles. The highest BCUT2D eigenvalue weighted by molar-refractivity contribution is 6.33. The van der Waals surface area contributed by atoms with Gasteiger partial charge in [-0.3, -0.25) is 4.79 Å². The number of benzene rings is 2. The van der Waals surface area contributed by atoms with Gasteiger partial charge in [0.2, 0.25) is 11.3 Å². The van der Waals surface area contributed by atoms with Crippen molar-refractivity contribution in [2.75, 3.05) is 7.11 Å². The summed E-state index contributed by atoms with van der Waals surface area (Å²) >= 11 is 0. The number of hydrogen-bond donors (Lipinski definition) is 1. The first-order valence-corrected chi connectivity index (χ1v) is 9.40. The van der Waals surface area contributed by atoms with E-state index in [0.717, 1.165) is 11.5 Å². The molecule has 2 aromatic heterocycles. The van der Waals surface area contributed by atoms with Crippen molar-refractivity contribution in [2.45, 2.75) is 13.8 Å². The van der Waals surface area contributed by atoms with Gasteiger partial charge in [0.25, 0.3) is 0 Å². The van der Waals surface area contributed by atoms with Crippen LogP contribution in [0.3, 0.4) is 0 Å². The summed E-state index contributed by atoms with van der Waals surface area (Å²) in [4.78, 5) is 20.3. The topological polar surface area (TPSA) is 64.2 Å². The lowest BCUT2D eigenvalue weighted by Gasteiger charge is -2.17. The Bertz CT molecular complexity index is 1390. The molecule has 0 amide bonds. The van der Waals surface area contributed by atoms with Crippen LogP contribution in [0.25, 0.3) is 22.2 Å². The van der Waals surface area contributed by atoms with Crippen LogP contribution in [0.5, 0.6) is 17.4 Å². The molecule has 0 unspecified atom stereocenters. The molecule has 1 N–H and O–H groups in total. The van der Waals surface area contributed by atoms with Crippen LogP contribution >= 0.6 is 0 Å². The van der Waals surface area contributed by atoms with Gasteiger partial charge in [0.15, 0.2) is 17.4 Å². The van der Waals surface area contributed by atoms with E-state index < -0.39 is 17.1 Å². The maximum Gasteiger partial charge on any atom is 0.229 e. The summed E-state index contributed by atoms with van der Waals surface area (Å²) < 4.78 is 38.9. The van der Waals surface area contributed by atoms with Gasteiger partial charge >= 0.3 is 0 Å². The summed E-state index contributed by atoms with van der Waals surface area (Å²) in [6.45, 7) is 3.07. The zero-order valence-electron chi connectivity index (χ0n) is 17.0. The van der Waals surface area contributed by atoms with Crippen molar-refractivity contribution in [3.8, 4) is 28.6 Å². The molecule has 0 aliphatic rings. The summed E-state index contributed by atoms with van der Waals surface area (Å²) in [5.41, 5.74) is 1.34. The first kappa shape index (κ1) is 20.6. The van der Waals surface area contributed by atoms with Crippen molar-refractivity contribution in [3.05, 3.63) is 75.6 Å². The molecule has 2 aromatic carbocycles. The highest BCUT2D eigenvalue weighted by Gasteiger charge is 2.21. The van der Waals surface area contributed by atoms with E-state index in [-0.39, 0.29) is 28.4 Å². The zero-order valence-corrected chi connectivity index (χ0v) is 17.0. The summed E-state index contributed by atoms with van der Waals surface area (Å²) in [7, 11) is 7.22. The molecule has 31 heavy (non-hydrogen) atoms. The summed E-state index contributed by atoms with van der Waals surface area (Å²) in [6.07, 6.45) is 0. The Kier molecular flexibility index (Phi) is 5.23. The lowest BCUT2D eigenvalue weighted by Crippen LogP contribution is -2.30. The number of aromatic amines is 1. The Balaban J connectivity index is 2.00. The van der Waals surface area contributed by atoms with E-state index in [0.29, 0.717) is 22.5 Å². The Hall–Kier alpha value is -3.68. The van der Waals surface area contributed by atoms with E-state index in [1.165, 1.54) is 20.1 Å². The molecule has 154 valence electrons. The second-order valence-electron chi connectivity index (χ2n) is 7.02. The number of hydrogen-bond acceptors (Lipinski definition) is 4. The molecule has 0 saturated carbocycles. The van der Waals surface area contributed by atoms with E-state index in [1.807, 2.05) is 18.2 Å². The number of aromatic nitrogens is 2. The van der Waals surface area contributed by atoms with Crippen molar-refractivity contribution in [2.24, 2.45) is 0 Å². The normalized spacial score (nSPS) is 11.0. The van der Waals surface area contributed by atoms with Crippen molar-refractivity contribution in [1.82, 2.24) is 9.97 Å². The molecule has 0 fully saturated rings. The van der Waals surface area contributed by atoms with Crippen LogP contribution < -0.4 is 20.4 Å². The summed E-state index contributed by atoms with van der Waals surface area (Å²) in [5.74, 6) is -1.81. The third-order valence-electron chi connectivity index (χ3n) is 5.05. The van der Waals surface area contributed by atoms with Gasteiger partial charge in [0.1, 0.15) is 13.6 Å². The van der Waals surface area contributed by atoms with E-state index in [2.05, 4.69) is 9.97 Å². The fourth-order valence-electron chi connectivity index (χ4n) is 3.31. The largest absolute Gasteiger partial charge is 0.491 e. The second-order valence-corrected chi connectivity index (χ2v) is 7.02. The number of ether oxygens (including phenoxy) is 2. The van der Waals surface area contributed by atoms with Crippen LogP contribution in [-0.4, -0.2) is 24.9 Å². The Morgan fingerprint density at radius 2 is 1.84 bits per heavy atom. The van der Waals surface area contributed by atoms with E-state index in [9.17, 15) is 13.6 Å². The first-order valence-electron chi connectivity index (χ1n) is 9.40. The highest BCUT2D eigenvalue weighted by Crippen LogP contribution is 2.38. The fraction of sp³-hybridized carbons (Fsp3) is 0.130. The number of para-hydroxylation sites is 1. The molecule has 0 spiro atoms. The summed E-state index contributed by atoms with van der Waals surface area (Å²) in [5, 5.41) is 0.782. The van der Waals surface area contributed by atoms with Gasteiger partial charge in [-0.25, -0.2) is 13.8 Å². The van der Waals surface area contributed by atoms with Crippen molar-refractivity contribution in [1.29, 1.82) is 0 Å². The molecule has 4 rings (SSSR count). The van der Waals surface area contributed by atoms with Crippen LogP contribution in [0.1, 0.15) is 11.3 Å². The SMILES string of the molecule is [B]c1c(C)[nH]c(-c2cc3ccccc3nc2Oc2ccc(F)c(F)c2C)c(OC)c1=O. The Morgan fingerprint density at radius 3 is 2.58 bits per heavy atom. The van der Waals surface area contributed by atoms with Gasteiger partial charge in [-0.2, -0.15) is 0 Å². The van der Waals surface area contributed by atoms with Crippen LogP contribution in [0.15, 0.2) is 47.3 Å². The molecular formula is C23H17BF2N2O3. The predicted octanol–water partition coefficient (Wildman–Crippen LogP) is 4.08. The third-order valence-corrected chi connectivity index (χ3v) is 5.05. The lowest BCUT2D eigenvalue weighted by atomic mass is 9.92. The van der Waals surface area contributed by atoms with E-state index >= 15 is 0 Å². The van der Waals surface area contributed by atoms with Crippen LogP contribution in [0.4, 0.5) is 8.78 Å². The molecule has 0 saturated heterocycles. The maximum absolute atomic E-state index is 14.1. The van der Waals surface area contributed by atoms with E-state index in [4.69, 9.17) is 17.3 Å². The first-order chi connectivity index (χ1) is 14.8. The summed E-state index contributed by atoms with van der Waals surface area (Å²) in [6, 6.07) is 11.4. The lowest BCUT2D eigenvalue weighted by molar-refractivity contribution is 0.410. The molecule has 0 aliphatic heterocycles. The number of fused-ring (bicyclic) bond motifs is 1. The molecule has 8 heteroatoms. The van der Waals surface area contributed by atoms with Crippen molar-refractivity contribution >= 4 is 24.2 Å². The predicted molar refractivity (Wildman–Crippen MR) is 116 cm³/mol. The number of pyridine rings is 2. The quantitative estimate of drug-likeness (QED) is 0.508. The molecule has 0 atom stereocenters. The highest BCUT2D eigenvalue weighted by atomic mass is 19.2. The van der Waals surface area contributed by atoms with Crippen molar-refractivity contribution < 1.29 is 18.3 Å². The number of nitrogens with one attached hydrogen (secondary N) is 1. The third kappa shape index (κ3) is 3.54. The molecule has 2 heterocycles. The number of rotatable bonds is 4. The van der Waals surface area contributed by atoms with Gasteiger partial charge in [0.05, 0.1) is 23.9 Å². The number of methoxy groups -OCH3 is 1. The van der Waals surface area contributed by atoms with Crippen LogP contribution in [-0.2, 0) is 0 Å². The minimum atomic E-state index is -1.01. The monoisotopic (exact) mass is 418 g/mol. The zero-order chi connectivity index (χ0) is 22.3. The molecule has 5 nitrogen and oxygen atoms in total. The molecular weight excluding hydrogens is 401 g/mol. The molecule has 0 bridgehead atoms. The average Bonchev–Trinajstić information content (AvgIpc) is 2.77. The number of nitrogens with zero attached hydrogens (tertiary/aromatic N) is 1. The van der Waals surface area contributed by atoms with Gasteiger partial charge in [-0.15, -0.1) is 0 Å². The van der Waals surface area contributed by atoms with Gasteiger partial charge in [-0.1, -0.05) is 18.2 Å². The molecule has 2 radical (unpaired) electrons. The number of halogens is 2. The average molecular weight is 418 g/mol. The fourth-order valence-corrected chi connectivity index (χ4v) is 3.31. The van der Waals surface area contributed by atoms with E-state index in [1.54, 1.807) is 19.1 Å².